The standard InChI is InChI=1S/C18H25NO5/c1-4-24-17(20)19-11-13-9-15(21-2)16(22-3)10-14(13)18(12-19)5-7-23-8-6-18/h9-10H,4-8,11-12H2,1-3H3. The second-order valence-corrected chi connectivity index (χ2v) is 6.31. The first-order valence-electron chi connectivity index (χ1n) is 8.38. The second kappa shape index (κ2) is 6.89. The molecule has 6 nitrogen and oxygen atoms in total. The maximum absolute atomic E-state index is 12.3. The van der Waals surface area contributed by atoms with E-state index in [-0.39, 0.29) is 11.5 Å². The first-order chi connectivity index (χ1) is 11.6. The molecule has 2 aliphatic rings. The smallest absolute Gasteiger partial charge is 0.410 e. The third-order valence-corrected chi connectivity index (χ3v) is 5.01. The van der Waals surface area contributed by atoms with Crippen molar-refractivity contribution >= 4 is 6.09 Å². The minimum absolute atomic E-state index is 0.113. The fourth-order valence-corrected chi connectivity index (χ4v) is 3.79. The molecule has 1 aromatic carbocycles. The lowest BCUT2D eigenvalue weighted by atomic mass is 9.70. The van der Waals surface area contributed by atoms with Gasteiger partial charge in [0, 0.05) is 31.7 Å². The van der Waals surface area contributed by atoms with E-state index in [4.69, 9.17) is 18.9 Å². The topological polar surface area (TPSA) is 57.2 Å². The zero-order valence-electron chi connectivity index (χ0n) is 14.6. The summed E-state index contributed by atoms with van der Waals surface area (Å²) >= 11 is 0. The summed E-state index contributed by atoms with van der Waals surface area (Å²) in [6.07, 6.45) is 1.50. The fraction of sp³-hybridized carbons (Fsp3) is 0.611. The Morgan fingerprint density at radius 2 is 1.88 bits per heavy atom. The average molecular weight is 335 g/mol. The molecule has 1 amide bonds. The minimum Gasteiger partial charge on any atom is -0.493 e. The Bertz CT molecular complexity index is 610. The largest absolute Gasteiger partial charge is 0.493 e. The quantitative estimate of drug-likeness (QED) is 0.850. The minimum atomic E-state index is -0.260. The van der Waals surface area contributed by atoms with Crippen LogP contribution in [0, 0.1) is 0 Å². The molecular formula is C18H25NO5. The van der Waals surface area contributed by atoms with Gasteiger partial charge in [0.25, 0.3) is 0 Å². The number of hydrogen-bond acceptors (Lipinski definition) is 5. The lowest BCUT2D eigenvalue weighted by molar-refractivity contribution is 0.0222. The summed E-state index contributed by atoms with van der Waals surface area (Å²) in [7, 11) is 3.27. The van der Waals surface area contributed by atoms with E-state index >= 15 is 0 Å². The van der Waals surface area contributed by atoms with Gasteiger partial charge in [-0.3, -0.25) is 0 Å². The fourth-order valence-electron chi connectivity index (χ4n) is 3.79. The molecule has 1 saturated heterocycles. The third-order valence-electron chi connectivity index (χ3n) is 5.01. The number of benzene rings is 1. The van der Waals surface area contributed by atoms with Gasteiger partial charge in [-0.25, -0.2) is 4.79 Å². The monoisotopic (exact) mass is 335 g/mol. The summed E-state index contributed by atoms with van der Waals surface area (Å²) in [5.41, 5.74) is 2.22. The molecule has 24 heavy (non-hydrogen) atoms. The van der Waals surface area contributed by atoms with Crippen molar-refractivity contribution in [1.82, 2.24) is 4.90 Å². The highest BCUT2D eigenvalue weighted by atomic mass is 16.6. The molecule has 0 radical (unpaired) electrons. The first kappa shape index (κ1) is 16.9. The van der Waals surface area contributed by atoms with Crippen LogP contribution in [0.3, 0.4) is 0 Å². The van der Waals surface area contributed by atoms with Crippen LogP contribution in [0.2, 0.25) is 0 Å². The van der Waals surface area contributed by atoms with Crippen LogP contribution in [0.25, 0.3) is 0 Å². The number of hydrogen-bond donors (Lipinski definition) is 0. The van der Waals surface area contributed by atoms with E-state index in [1.807, 2.05) is 13.0 Å². The van der Waals surface area contributed by atoms with Crippen LogP contribution >= 0.6 is 0 Å². The molecule has 0 aromatic heterocycles. The zero-order chi connectivity index (χ0) is 17.2. The summed E-state index contributed by atoms with van der Waals surface area (Å²) in [6, 6.07) is 4.05. The molecule has 132 valence electrons. The lowest BCUT2D eigenvalue weighted by Gasteiger charge is -2.46. The van der Waals surface area contributed by atoms with Crippen molar-refractivity contribution in [2.24, 2.45) is 0 Å². The first-order valence-corrected chi connectivity index (χ1v) is 8.38. The van der Waals surface area contributed by atoms with Gasteiger partial charge in [0.05, 0.1) is 20.8 Å². The van der Waals surface area contributed by atoms with E-state index in [9.17, 15) is 4.79 Å². The van der Waals surface area contributed by atoms with Crippen molar-refractivity contribution in [3.05, 3.63) is 23.3 Å². The summed E-state index contributed by atoms with van der Waals surface area (Å²) in [5, 5.41) is 0. The van der Waals surface area contributed by atoms with Crippen molar-refractivity contribution in [2.75, 3.05) is 40.6 Å². The van der Waals surface area contributed by atoms with Crippen molar-refractivity contribution in [2.45, 2.75) is 31.7 Å². The highest BCUT2D eigenvalue weighted by Gasteiger charge is 2.43. The number of carbonyl (C=O) groups excluding carboxylic acids is 1. The average Bonchev–Trinajstić information content (AvgIpc) is 2.61. The molecule has 0 atom stereocenters. The van der Waals surface area contributed by atoms with Gasteiger partial charge < -0.3 is 23.8 Å². The highest BCUT2D eigenvalue weighted by molar-refractivity contribution is 5.69. The molecule has 1 fully saturated rings. The van der Waals surface area contributed by atoms with Crippen molar-refractivity contribution < 1.29 is 23.7 Å². The van der Waals surface area contributed by atoms with Gasteiger partial charge in [0.1, 0.15) is 0 Å². The van der Waals surface area contributed by atoms with Gasteiger partial charge >= 0.3 is 6.09 Å². The number of amides is 1. The van der Waals surface area contributed by atoms with Crippen molar-refractivity contribution in [3.63, 3.8) is 0 Å². The van der Waals surface area contributed by atoms with Gasteiger partial charge in [-0.15, -0.1) is 0 Å². The maximum Gasteiger partial charge on any atom is 0.410 e. The number of methoxy groups -OCH3 is 2. The normalized spacial score (nSPS) is 18.9. The molecule has 2 heterocycles. The van der Waals surface area contributed by atoms with E-state index in [0.717, 1.165) is 24.2 Å². The van der Waals surface area contributed by atoms with Crippen LogP contribution in [0.4, 0.5) is 4.79 Å². The predicted octanol–water partition coefficient (Wildman–Crippen LogP) is 2.72. The molecule has 6 heteroatoms. The van der Waals surface area contributed by atoms with Crippen LogP contribution < -0.4 is 9.47 Å². The molecule has 0 unspecified atom stereocenters. The van der Waals surface area contributed by atoms with Crippen LogP contribution in [-0.2, 0) is 21.4 Å². The number of nitrogens with zero attached hydrogens (tertiary/aromatic N) is 1. The van der Waals surface area contributed by atoms with Crippen LogP contribution in [-0.4, -0.2) is 51.6 Å². The number of rotatable bonds is 3. The predicted molar refractivity (Wildman–Crippen MR) is 88.7 cm³/mol. The Balaban J connectivity index is 2.05. The van der Waals surface area contributed by atoms with Crippen molar-refractivity contribution in [1.29, 1.82) is 0 Å². The Morgan fingerprint density at radius 1 is 1.21 bits per heavy atom. The van der Waals surface area contributed by atoms with Gasteiger partial charge in [-0.2, -0.15) is 0 Å². The number of carbonyl (C=O) groups is 1. The molecule has 0 aliphatic carbocycles. The molecular weight excluding hydrogens is 310 g/mol. The van der Waals surface area contributed by atoms with E-state index in [0.29, 0.717) is 38.7 Å². The molecule has 2 aliphatic heterocycles. The van der Waals surface area contributed by atoms with Crippen LogP contribution in [0.5, 0.6) is 11.5 Å². The van der Waals surface area contributed by atoms with Gasteiger partial charge in [0.15, 0.2) is 11.5 Å². The Hall–Kier alpha value is -1.95. The summed E-state index contributed by atoms with van der Waals surface area (Å²) < 4.78 is 21.7. The second-order valence-electron chi connectivity index (χ2n) is 6.31. The van der Waals surface area contributed by atoms with E-state index in [1.54, 1.807) is 19.1 Å². The van der Waals surface area contributed by atoms with Gasteiger partial charge in [0.2, 0.25) is 0 Å². The van der Waals surface area contributed by atoms with Crippen LogP contribution in [0.15, 0.2) is 12.1 Å². The van der Waals surface area contributed by atoms with E-state index in [1.165, 1.54) is 5.56 Å². The van der Waals surface area contributed by atoms with E-state index in [2.05, 4.69) is 6.07 Å². The van der Waals surface area contributed by atoms with Crippen molar-refractivity contribution in [3.8, 4) is 11.5 Å². The summed E-state index contributed by atoms with van der Waals surface area (Å²) in [6.45, 7) is 4.78. The van der Waals surface area contributed by atoms with Gasteiger partial charge in [-0.05, 0) is 43.0 Å². The number of fused-ring (bicyclic) bond motifs is 2. The number of ether oxygens (including phenoxy) is 4. The Labute approximate surface area is 142 Å². The molecule has 0 saturated carbocycles. The zero-order valence-corrected chi connectivity index (χ0v) is 14.6. The highest BCUT2D eigenvalue weighted by Crippen LogP contribution is 2.45. The molecule has 0 bridgehead atoms. The van der Waals surface area contributed by atoms with E-state index < -0.39 is 0 Å². The SMILES string of the molecule is CCOC(=O)N1Cc2cc(OC)c(OC)cc2C2(CCOCC2)C1. The molecule has 0 N–H and O–H groups in total. The lowest BCUT2D eigenvalue weighted by Crippen LogP contribution is -2.50. The summed E-state index contributed by atoms with van der Waals surface area (Å²) in [4.78, 5) is 14.1. The van der Waals surface area contributed by atoms with Gasteiger partial charge in [-0.1, -0.05) is 0 Å². The maximum atomic E-state index is 12.3. The molecule has 1 spiro atoms. The Kier molecular flexibility index (Phi) is 4.85. The Morgan fingerprint density at radius 3 is 2.50 bits per heavy atom. The summed E-state index contributed by atoms with van der Waals surface area (Å²) in [5.74, 6) is 1.41. The van der Waals surface area contributed by atoms with Crippen LogP contribution in [0.1, 0.15) is 30.9 Å². The molecule has 1 aromatic rings. The third kappa shape index (κ3) is 2.90. The molecule has 3 rings (SSSR count).